The predicted molar refractivity (Wildman–Crippen MR) is 124 cm³/mol. The van der Waals surface area contributed by atoms with Gasteiger partial charge in [-0.15, -0.1) is 0 Å². The van der Waals surface area contributed by atoms with Crippen molar-refractivity contribution >= 4 is 56.0 Å². The van der Waals surface area contributed by atoms with Crippen molar-refractivity contribution in [1.82, 2.24) is 9.55 Å². The Morgan fingerprint density at radius 1 is 1.29 bits per heavy atom. The first-order chi connectivity index (χ1) is 14.7. The topological polar surface area (TPSA) is 98.3 Å². The summed E-state index contributed by atoms with van der Waals surface area (Å²) in [5.41, 5.74) is 3.35. The molecule has 7 nitrogen and oxygen atoms in total. The Balaban J connectivity index is 1.57. The Hall–Kier alpha value is -2.07. The first kappa shape index (κ1) is 22.1. The zero-order valence-electron chi connectivity index (χ0n) is 17.2. The highest BCUT2D eigenvalue weighted by Crippen LogP contribution is 2.35. The van der Waals surface area contributed by atoms with Gasteiger partial charge in [-0.1, -0.05) is 30.3 Å². The number of amides is 1. The molecule has 0 fully saturated rings. The number of hydrogen-bond donors (Lipinski definition) is 1. The van der Waals surface area contributed by atoms with Gasteiger partial charge in [-0.3, -0.25) is 4.79 Å². The van der Waals surface area contributed by atoms with Crippen molar-refractivity contribution in [3.63, 3.8) is 0 Å². The molecule has 0 aliphatic carbocycles. The van der Waals surface area contributed by atoms with Crippen molar-refractivity contribution in [2.24, 2.45) is 5.14 Å². The molecule has 1 aliphatic heterocycles. The molecule has 1 amide bonds. The maximum absolute atomic E-state index is 13.1. The van der Waals surface area contributed by atoms with Gasteiger partial charge in [0.05, 0.1) is 21.7 Å². The molecule has 1 aliphatic rings. The van der Waals surface area contributed by atoms with E-state index in [-0.39, 0.29) is 22.6 Å². The molecular weight excluding hydrogens is 456 g/mol. The van der Waals surface area contributed by atoms with E-state index in [0.717, 1.165) is 40.4 Å². The molecule has 4 rings (SSSR count). The number of aryl methyl sites for hydroxylation is 1. The number of thioether (sulfide) groups is 1. The highest BCUT2D eigenvalue weighted by Gasteiger charge is 2.32. The summed E-state index contributed by atoms with van der Waals surface area (Å²) in [6, 6.07) is 10.2. The molecule has 2 N–H and O–H groups in total. The second-order valence-electron chi connectivity index (χ2n) is 7.62. The highest BCUT2D eigenvalue weighted by atomic mass is 35.5. The van der Waals surface area contributed by atoms with E-state index in [1.807, 2.05) is 25.1 Å². The van der Waals surface area contributed by atoms with Gasteiger partial charge < -0.3 is 9.47 Å². The molecule has 2 aromatic carbocycles. The van der Waals surface area contributed by atoms with Gasteiger partial charge in [-0.2, -0.15) is 0 Å². The van der Waals surface area contributed by atoms with Crippen molar-refractivity contribution in [2.75, 3.05) is 10.7 Å². The number of primary sulfonamides is 1. The minimum atomic E-state index is -3.78. The molecule has 0 spiro atoms. The molecule has 10 heteroatoms. The van der Waals surface area contributed by atoms with E-state index in [1.54, 1.807) is 17.0 Å². The van der Waals surface area contributed by atoms with Crippen LogP contribution in [-0.4, -0.2) is 35.7 Å². The van der Waals surface area contributed by atoms with Crippen molar-refractivity contribution in [3.05, 3.63) is 47.0 Å². The molecule has 2 heterocycles. The first-order valence-corrected chi connectivity index (χ1v) is 12.9. The SMILES string of the molecule is CCCn1c(SCC(=O)N2c3ccc(S(N)(=O)=O)cc3CC2C)nc2cc(Cl)ccc21. The van der Waals surface area contributed by atoms with Gasteiger partial charge in [-0.25, -0.2) is 18.5 Å². The third-order valence-electron chi connectivity index (χ3n) is 5.31. The van der Waals surface area contributed by atoms with Crippen molar-refractivity contribution in [2.45, 2.75) is 49.3 Å². The molecule has 0 saturated heterocycles. The predicted octanol–water partition coefficient (Wildman–Crippen LogP) is 3.82. The number of halogens is 1. The number of nitrogens with zero attached hydrogens (tertiary/aromatic N) is 3. The Morgan fingerprint density at radius 3 is 2.77 bits per heavy atom. The summed E-state index contributed by atoms with van der Waals surface area (Å²) in [7, 11) is -3.78. The fraction of sp³-hybridized carbons (Fsp3) is 0.333. The number of anilines is 1. The van der Waals surface area contributed by atoms with E-state index in [2.05, 4.69) is 16.5 Å². The lowest BCUT2D eigenvalue weighted by molar-refractivity contribution is -0.116. The van der Waals surface area contributed by atoms with Gasteiger partial charge in [0.1, 0.15) is 0 Å². The lowest BCUT2D eigenvalue weighted by atomic mass is 10.1. The van der Waals surface area contributed by atoms with Crippen LogP contribution < -0.4 is 10.0 Å². The molecule has 1 atom stereocenters. The van der Waals surface area contributed by atoms with E-state index in [4.69, 9.17) is 16.7 Å². The Kier molecular flexibility index (Phi) is 6.04. The van der Waals surface area contributed by atoms with Crippen molar-refractivity contribution in [1.29, 1.82) is 0 Å². The standard InChI is InChI=1S/C21H23ClN4O3S2/c1-3-8-25-19-6-4-15(22)11-17(19)24-21(25)30-12-20(27)26-13(2)9-14-10-16(31(23,28)29)5-7-18(14)26/h4-7,10-11,13H,3,8-9,12H2,1-2H3,(H2,23,28,29). The van der Waals surface area contributed by atoms with E-state index >= 15 is 0 Å². The molecule has 1 unspecified atom stereocenters. The maximum atomic E-state index is 13.1. The number of fused-ring (bicyclic) bond motifs is 2. The third kappa shape index (κ3) is 4.32. The fourth-order valence-electron chi connectivity index (χ4n) is 3.99. The Labute approximate surface area is 190 Å². The number of carbonyl (C=O) groups is 1. The van der Waals surface area contributed by atoms with Crippen LogP contribution in [0.15, 0.2) is 46.5 Å². The van der Waals surface area contributed by atoms with Crippen LogP contribution in [0, 0.1) is 0 Å². The van der Waals surface area contributed by atoms with Gasteiger partial charge in [0.15, 0.2) is 5.16 Å². The lowest BCUT2D eigenvalue weighted by Gasteiger charge is -2.22. The Bertz CT molecular complexity index is 1270. The van der Waals surface area contributed by atoms with Crippen LogP contribution >= 0.6 is 23.4 Å². The van der Waals surface area contributed by atoms with E-state index in [1.165, 1.54) is 17.8 Å². The van der Waals surface area contributed by atoms with Crippen LogP contribution in [0.3, 0.4) is 0 Å². The number of imidazole rings is 1. The summed E-state index contributed by atoms with van der Waals surface area (Å²) in [6.45, 7) is 4.85. The largest absolute Gasteiger partial charge is 0.319 e. The second kappa shape index (κ2) is 8.46. The van der Waals surface area contributed by atoms with Crippen molar-refractivity contribution in [3.8, 4) is 0 Å². The summed E-state index contributed by atoms with van der Waals surface area (Å²) in [4.78, 5) is 19.6. The minimum Gasteiger partial charge on any atom is -0.319 e. The van der Waals surface area contributed by atoms with Gasteiger partial charge in [0.2, 0.25) is 15.9 Å². The minimum absolute atomic E-state index is 0.0484. The summed E-state index contributed by atoms with van der Waals surface area (Å²) < 4.78 is 25.4. The van der Waals surface area contributed by atoms with Crippen LogP contribution in [0.25, 0.3) is 11.0 Å². The number of carbonyl (C=O) groups excluding carboxylic acids is 1. The highest BCUT2D eigenvalue weighted by molar-refractivity contribution is 7.99. The smallest absolute Gasteiger partial charge is 0.238 e. The third-order valence-corrected chi connectivity index (χ3v) is 7.42. The van der Waals surface area contributed by atoms with E-state index in [9.17, 15) is 13.2 Å². The molecule has 3 aromatic rings. The zero-order chi connectivity index (χ0) is 22.3. The summed E-state index contributed by atoms with van der Waals surface area (Å²) >= 11 is 7.51. The average Bonchev–Trinajstić information content (AvgIpc) is 3.21. The van der Waals surface area contributed by atoms with Crippen LogP contribution in [0.5, 0.6) is 0 Å². The van der Waals surface area contributed by atoms with Crippen LogP contribution in [0.1, 0.15) is 25.8 Å². The zero-order valence-corrected chi connectivity index (χ0v) is 19.6. The number of benzene rings is 2. The lowest BCUT2D eigenvalue weighted by Crippen LogP contribution is -2.37. The maximum Gasteiger partial charge on any atom is 0.238 e. The van der Waals surface area contributed by atoms with Gasteiger partial charge in [-0.05, 0) is 61.7 Å². The van der Waals surface area contributed by atoms with Crippen LogP contribution in [0.2, 0.25) is 5.02 Å². The van der Waals surface area contributed by atoms with E-state index < -0.39 is 10.0 Å². The number of hydrogen-bond acceptors (Lipinski definition) is 5. The second-order valence-corrected chi connectivity index (χ2v) is 10.6. The average molecular weight is 479 g/mol. The molecule has 164 valence electrons. The quantitative estimate of drug-likeness (QED) is 0.543. The monoisotopic (exact) mass is 478 g/mol. The Morgan fingerprint density at radius 2 is 2.06 bits per heavy atom. The van der Waals surface area contributed by atoms with Crippen LogP contribution in [-0.2, 0) is 27.8 Å². The number of sulfonamides is 1. The number of aromatic nitrogens is 2. The molecule has 0 saturated carbocycles. The van der Waals surface area contributed by atoms with Crippen molar-refractivity contribution < 1.29 is 13.2 Å². The summed E-state index contributed by atoms with van der Waals surface area (Å²) in [6.07, 6.45) is 1.53. The molecule has 0 radical (unpaired) electrons. The van der Waals surface area contributed by atoms with Crippen LogP contribution in [0.4, 0.5) is 5.69 Å². The van der Waals surface area contributed by atoms with Gasteiger partial charge in [0, 0.05) is 23.3 Å². The number of nitrogens with two attached hydrogens (primary N) is 1. The fourth-order valence-corrected chi connectivity index (χ4v) is 5.62. The molecule has 0 bridgehead atoms. The first-order valence-electron chi connectivity index (χ1n) is 9.95. The summed E-state index contributed by atoms with van der Waals surface area (Å²) in [5.74, 6) is 0.175. The molecular formula is C21H23ClN4O3S2. The van der Waals surface area contributed by atoms with Gasteiger partial charge >= 0.3 is 0 Å². The van der Waals surface area contributed by atoms with Gasteiger partial charge in [0.25, 0.3) is 0 Å². The molecule has 1 aromatic heterocycles. The molecule has 31 heavy (non-hydrogen) atoms. The number of rotatable bonds is 6. The summed E-state index contributed by atoms with van der Waals surface area (Å²) in [5, 5.41) is 6.65. The van der Waals surface area contributed by atoms with E-state index in [0.29, 0.717) is 11.4 Å². The normalized spacial score (nSPS) is 16.1.